The van der Waals surface area contributed by atoms with Crippen LogP contribution in [-0.2, 0) is 6.42 Å². The monoisotopic (exact) mass is 573 g/mol. The number of amides is 1. The number of hydrogen-bond acceptors (Lipinski definition) is 4. The highest BCUT2D eigenvalue weighted by Crippen LogP contribution is 2.29. The second-order valence-corrected chi connectivity index (χ2v) is 10.4. The number of halogens is 4. The van der Waals surface area contributed by atoms with Crippen LogP contribution in [0.15, 0.2) is 30.3 Å². The number of likely N-dealkylation sites (N-methyl/N-ethyl adjacent to an activating group) is 1. The van der Waals surface area contributed by atoms with Gasteiger partial charge < -0.3 is 14.9 Å². The lowest BCUT2D eigenvalue weighted by Gasteiger charge is -2.48. The van der Waals surface area contributed by atoms with Crippen molar-refractivity contribution >= 4 is 28.5 Å². The van der Waals surface area contributed by atoms with Gasteiger partial charge in [0.1, 0.15) is 11.4 Å². The summed E-state index contributed by atoms with van der Waals surface area (Å²) in [5.74, 6) is -3.26. The van der Waals surface area contributed by atoms with E-state index in [4.69, 9.17) is 0 Å². The maximum absolute atomic E-state index is 14.7. The third kappa shape index (κ3) is 5.52. The quantitative estimate of drug-likeness (QED) is 0.559. The molecule has 2 saturated heterocycles. The van der Waals surface area contributed by atoms with Gasteiger partial charge in [-0.3, -0.25) is 9.69 Å². The van der Waals surface area contributed by atoms with Crippen LogP contribution in [0.2, 0.25) is 0 Å². The molecular weight excluding hydrogens is 546 g/mol. The first kappa shape index (κ1) is 24.4. The summed E-state index contributed by atoms with van der Waals surface area (Å²) in [5, 5.41) is 10.9. The molecule has 0 aromatic heterocycles. The summed E-state index contributed by atoms with van der Waals surface area (Å²) >= 11 is 1.97. The predicted octanol–water partition coefficient (Wildman–Crippen LogP) is 3.12. The Kier molecular flexibility index (Phi) is 7.32. The van der Waals surface area contributed by atoms with Crippen LogP contribution in [0.4, 0.5) is 13.2 Å². The minimum atomic E-state index is -1.15. The van der Waals surface area contributed by atoms with Gasteiger partial charge >= 0.3 is 0 Å². The summed E-state index contributed by atoms with van der Waals surface area (Å²) < 4.78 is 43.7. The molecule has 0 saturated carbocycles. The van der Waals surface area contributed by atoms with Crippen LogP contribution in [0.25, 0.3) is 0 Å². The molecule has 5 nitrogen and oxygen atoms in total. The largest absolute Gasteiger partial charge is 0.385 e. The zero-order valence-electron chi connectivity index (χ0n) is 18.5. The number of benzene rings is 2. The topological polar surface area (TPSA) is 47.0 Å². The normalized spacial score (nSPS) is 19.3. The van der Waals surface area contributed by atoms with Crippen molar-refractivity contribution in [3.63, 3.8) is 0 Å². The first-order valence-corrected chi connectivity index (χ1v) is 12.1. The van der Waals surface area contributed by atoms with Gasteiger partial charge in [0.25, 0.3) is 5.91 Å². The summed E-state index contributed by atoms with van der Waals surface area (Å²) in [6.07, 6.45) is 0.773. The van der Waals surface area contributed by atoms with Gasteiger partial charge in [-0.25, -0.2) is 13.2 Å². The van der Waals surface area contributed by atoms with Crippen LogP contribution in [-0.4, -0.2) is 84.2 Å². The molecule has 0 bridgehead atoms. The molecule has 2 aromatic carbocycles. The molecule has 1 amide bonds. The average molecular weight is 573 g/mol. The number of carbonyl (C=O) groups excluding carboxylic acids is 1. The number of rotatable bonds is 5. The van der Waals surface area contributed by atoms with E-state index >= 15 is 0 Å². The third-order valence-corrected chi connectivity index (χ3v) is 7.07. The second kappa shape index (κ2) is 9.89. The van der Waals surface area contributed by atoms with Crippen molar-refractivity contribution in [3.8, 4) is 0 Å². The molecule has 2 aliphatic heterocycles. The smallest absolute Gasteiger partial charge is 0.254 e. The Balaban J connectivity index is 1.48. The van der Waals surface area contributed by atoms with Crippen LogP contribution < -0.4 is 0 Å². The maximum Gasteiger partial charge on any atom is 0.254 e. The number of β-amino-alcohol motifs (C(OH)–C–C–N with tert-alkyl or cyclic N) is 1. The molecule has 2 aromatic rings. The highest BCUT2D eigenvalue weighted by Gasteiger charge is 2.45. The van der Waals surface area contributed by atoms with Gasteiger partial charge in [0, 0.05) is 40.8 Å². The summed E-state index contributed by atoms with van der Waals surface area (Å²) in [5.41, 5.74) is -1.03. The molecule has 0 radical (unpaired) electrons. The highest BCUT2D eigenvalue weighted by molar-refractivity contribution is 14.1. The van der Waals surface area contributed by atoms with E-state index in [1.807, 2.05) is 22.6 Å². The lowest BCUT2D eigenvalue weighted by Crippen LogP contribution is -2.67. The van der Waals surface area contributed by atoms with Crippen LogP contribution >= 0.6 is 22.6 Å². The van der Waals surface area contributed by atoms with E-state index in [1.165, 1.54) is 23.1 Å². The molecule has 2 heterocycles. The van der Waals surface area contributed by atoms with Gasteiger partial charge in [-0.15, -0.1) is 0 Å². The molecule has 2 fully saturated rings. The summed E-state index contributed by atoms with van der Waals surface area (Å²) in [6, 6.07) is 6.65. The van der Waals surface area contributed by atoms with E-state index in [0.29, 0.717) is 10.1 Å². The summed E-state index contributed by atoms with van der Waals surface area (Å²) in [7, 11) is 2.07. The molecule has 178 valence electrons. The Morgan fingerprint density at radius 2 is 1.82 bits per heavy atom. The van der Waals surface area contributed by atoms with Crippen molar-refractivity contribution in [1.82, 2.24) is 14.7 Å². The van der Waals surface area contributed by atoms with Gasteiger partial charge in [-0.2, -0.15) is 0 Å². The zero-order valence-corrected chi connectivity index (χ0v) is 20.6. The fourth-order valence-corrected chi connectivity index (χ4v) is 5.03. The third-order valence-electron chi connectivity index (χ3n) is 6.40. The van der Waals surface area contributed by atoms with Crippen molar-refractivity contribution in [2.45, 2.75) is 18.4 Å². The van der Waals surface area contributed by atoms with Gasteiger partial charge in [-0.05, 0) is 79.0 Å². The van der Waals surface area contributed by atoms with Gasteiger partial charge in [0.15, 0.2) is 11.6 Å². The molecule has 4 rings (SSSR count). The van der Waals surface area contributed by atoms with Crippen LogP contribution in [0, 0.1) is 21.0 Å². The standard InChI is InChI=1S/C24H27F3IN3O2/c1-29-7-2-8-30(10-9-29)13-24(33)14-31(15-24)23(32)18-5-6-20(25)22(27)19(18)11-16-3-4-17(28)12-21(16)26/h3-6,12,33H,2,7-11,13-15H2,1H3. The lowest BCUT2D eigenvalue weighted by atomic mass is 9.90. The second-order valence-electron chi connectivity index (χ2n) is 9.12. The van der Waals surface area contributed by atoms with Crippen molar-refractivity contribution in [1.29, 1.82) is 0 Å². The number of nitrogens with zero attached hydrogens (tertiary/aromatic N) is 3. The highest BCUT2D eigenvalue weighted by atomic mass is 127. The summed E-state index contributed by atoms with van der Waals surface area (Å²) in [6.45, 7) is 4.37. The Labute approximate surface area is 205 Å². The molecule has 1 N–H and O–H groups in total. The van der Waals surface area contributed by atoms with Crippen LogP contribution in [0.5, 0.6) is 0 Å². The first-order valence-electron chi connectivity index (χ1n) is 11.0. The van der Waals surface area contributed by atoms with E-state index in [1.54, 1.807) is 6.07 Å². The number of aliphatic hydroxyl groups is 1. The minimum absolute atomic E-state index is 0.00898. The molecule has 0 atom stereocenters. The van der Waals surface area contributed by atoms with E-state index in [-0.39, 0.29) is 36.2 Å². The molecular formula is C24H27F3IN3O2. The minimum Gasteiger partial charge on any atom is -0.385 e. The van der Waals surface area contributed by atoms with Crippen LogP contribution in [0.1, 0.15) is 27.9 Å². The Morgan fingerprint density at radius 1 is 1.06 bits per heavy atom. The Hall–Kier alpha value is -1.69. The Bertz CT molecular complexity index is 1050. The van der Waals surface area contributed by atoms with Gasteiger partial charge in [0.05, 0.1) is 13.1 Å². The van der Waals surface area contributed by atoms with Gasteiger partial charge in [-0.1, -0.05) is 6.07 Å². The van der Waals surface area contributed by atoms with Crippen LogP contribution in [0.3, 0.4) is 0 Å². The number of likely N-dealkylation sites (tertiary alicyclic amines) is 1. The fraction of sp³-hybridized carbons (Fsp3) is 0.458. The van der Waals surface area contributed by atoms with E-state index < -0.39 is 29.0 Å². The van der Waals surface area contributed by atoms with E-state index in [0.717, 1.165) is 38.7 Å². The fourth-order valence-electron chi connectivity index (χ4n) is 4.57. The summed E-state index contributed by atoms with van der Waals surface area (Å²) in [4.78, 5) is 19.0. The number of carbonyl (C=O) groups is 1. The maximum atomic E-state index is 14.7. The van der Waals surface area contributed by atoms with Crippen molar-refractivity contribution in [3.05, 3.63) is 68.0 Å². The lowest BCUT2D eigenvalue weighted by molar-refractivity contribution is -0.0971. The van der Waals surface area contributed by atoms with E-state index in [2.05, 4.69) is 16.8 Å². The predicted molar refractivity (Wildman–Crippen MR) is 128 cm³/mol. The van der Waals surface area contributed by atoms with Crippen molar-refractivity contribution < 1.29 is 23.1 Å². The van der Waals surface area contributed by atoms with E-state index in [9.17, 15) is 23.1 Å². The molecule has 0 unspecified atom stereocenters. The molecule has 0 spiro atoms. The molecule has 2 aliphatic rings. The Morgan fingerprint density at radius 3 is 2.55 bits per heavy atom. The molecule has 9 heteroatoms. The zero-order chi connectivity index (χ0) is 23.8. The SMILES string of the molecule is CN1CCCN(CC2(O)CN(C(=O)c3ccc(F)c(F)c3Cc3ccc(I)cc3F)C2)CC1. The molecule has 0 aliphatic carbocycles. The van der Waals surface area contributed by atoms with Crippen molar-refractivity contribution in [2.24, 2.45) is 0 Å². The van der Waals surface area contributed by atoms with Gasteiger partial charge in [0.2, 0.25) is 0 Å². The van der Waals surface area contributed by atoms with Crippen molar-refractivity contribution in [2.75, 3.05) is 52.9 Å². The first-order chi connectivity index (χ1) is 15.6. The average Bonchev–Trinajstić information content (AvgIpc) is 2.95. The number of hydrogen-bond donors (Lipinski definition) is 1. The molecule has 33 heavy (non-hydrogen) atoms.